The molecular weight excluding hydrogens is 309 g/mol. The van der Waals surface area contributed by atoms with Crippen molar-refractivity contribution >= 4 is 34.5 Å². The molecule has 1 fully saturated rings. The second-order valence-electron chi connectivity index (χ2n) is 3.76. The topological polar surface area (TPSA) is 55.4 Å². The van der Waals surface area contributed by atoms with Crippen molar-refractivity contribution in [2.75, 3.05) is 11.2 Å². The SMILES string of the molecule is O=C(CC1CCCC1)NCC(=O)OCI. The standard InChI is InChI=1S/C10H16INO3/c11-7-15-10(14)6-12-9(13)5-8-3-1-2-4-8/h8H,1-7H2,(H,12,13). The van der Waals surface area contributed by atoms with Gasteiger partial charge >= 0.3 is 5.97 Å². The van der Waals surface area contributed by atoms with Crippen LogP contribution < -0.4 is 5.32 Å². The Bertz CT molecular complexity index is 227. The molecule has 0 bridgehead atoms. The van der Waals surface area contributed by atoms with Gasteiger partial charge in [0.05, 0.1) is 0 Å². The Morgan fingerprint density at radius 1 is 1.33 bits per heavy atom. The lowest BCUT2D eigenvalue weighted by atomic mass is 10.0. The van der Waals surface area contributed by atoms with Crippen LogP contribution in [0.3, 0.4) is 0 Å². The van der Waals surface area contributed by atoms with E-state index in [0.717, 1.165) is 12.8 Å². The number of hydrogen-bond acceptors (Lipinski definition) is 3. The number of ether oxygens (including phenoxy) is 1. The van der Waals surface area contributed by atoms with Gasteiger partial charge in [-0.3, -0.25) is 9.59 Å². The van der Waals surface area contributed by atoms with E-state index in [-0.39, 0.29) is 18.4 Å². The van der Waals surface area contributed by atoms with E-state index in [4.69, 9.17) is 4.74 Å². The minimum atomic E-state index is -0.371. The van der Waals surface area contributed by atoms with E-state index >= 15 is 0 Å². The highest BCUT2D eigenvalue weighted by Gasteiger charge is 2.18. The summed E-state index contributed by atoms with van der Waals surface area (Å²) in [6.45, 7) is -0.00540. The summed E-state index contributed by atoms with van der Waals surface area (Å²) in [6, 6.07) is 0. The average Bonchev–Trinajstić information content (AvgIpc) is 2.68. The Hall–Kier alpha value is -0.330. The van der Waals surface area contributed by atoms with Gasteiger partial charge in [-0.15, -0.1) is 0 Å². The summed E-state index contributed by atoms with van der Waals surface area (Å²) >= 11 is 1.94. The Kier molecular flexibility index (Phi) is 5.97. The zero-order valence-corrected chi connectivity index (χ0v) is 10.8. The lowest BCUT2D eigenvalue weighted by Crippen LogP contribution is -2.31. The second kappa shape index (κ2) is 7.03. The molecule has 1 rings (SSSR count). The highest BCUT2D eigenvalue weighted by molar-refractivity contribution is 14.1. The quantitative estimate of drug-likeness (QED) is 0.475. The molecule has 5 heteroatoms. The first kappa shape index (κ1) is 12.7. The molecule has 1 N–H and O–H groups in total. The van der Waals surface area contributed by atoms with Crippen LogP contribution >= 0.6 is 22.6 Å². The van der Waals surface area contributed by atoms with E-state index in [1.54, 1.807) is 0 Å². The molecule has 0 aliphatic heterocycles. The second-order valence-corrected chi connectivity index (χ2v) is 4.38. The molecule has 0 saturated heterocycles. The molecule has 0 atom stereocenters. The summed E-state index contributed by atoms with van der Waals surface area (Å²) in [5.74, 6) is 0.113. The van der Waals surface area contributed by atoms with Gasteiger partial charge in [0.2, 0.25) is 5.91 Å². The van der Waals surface area contributed by atoms with Gasteiger partial charge in [-0.05, 0) is 41.4 Å². The van der Waals surface area contributed by atoms with Crippen molar-refractivity contribution < 1.29 is 14.3 Å². The van der Waals surface area contributed by atoms with Crippen molar-refractivity contribution in [3.05, 3.63) is 0 Å². The number of halogens is 1. The van der Waals surface area contributed by atoms with Crippen LogP contribution in [0.5, 0.6) is 0 Å². The summed E-state index contributed by atoms with van der Waals surface area (Å²) in [7, 11) is 0. The lowest BCUT2D eigenvalue weighted by molar-refractivity contribution is -0.141. The average molecular weight is 325 g/mol. The zero-order valence-electron chi connectivity index (χ0n) is 8.63. The van der Waals surface area contributed by atoms with Crippen molar-refractivity contribution in [3.63, 3.8) is 0 Å². The summed E-state index contributed by atoms with van der Waals surface area (Å²) < 4.78 is 5.02. The Morgan fingerprint density at radius 2 is 2.00 bits per heavy atom. The van der Waals surface area contributed by atoms with E-state index in [9.17, 15) is 9.59 Å². The molecule has 86 valence electrons. The van der Waals surface area contributed by atoms with E-state index < -0.39 is 0 Å². The largest absolute Gasteiger partial charge is 0.454 e. The van der Waals surface area contributed by atoms with Crippen LogP contribution in [-0.4, -0.2) is 23.0 Å². The van der Waals surface area contributed by atoms with Crippen LogP contribution in [0.15, 0.2) is 0 Å². The zero-order chi connectivity index (χ0) is 11.1. The number of alkyl halides is 1. The van der Waals surface area contributed by atoms with Crippen LogP contribution in [0.25, 0.3) is 0 Å². The van der Waals surface area contributed by atoms with Crippen LogP contribution in [0, 0.1) is 5.92 Å². The predicted octanol–water partition coefficient (Wildman–Crippen LogP) is 1.62. The maximum absolute atomic E-state index is 11.4. The molecule has 1 amide bonds. The number of carbonyl (C=O) groups is 2. The van der Waals surface area contributed by atoms with Crippen molar-refractivity contribution in [2.45, 2.75) is 32.1 Å². The molecule has 1 saturated carbocycles. The first-order valence-corrected chi connectivity index (χ1v) is 6.73. The molecule has 0 spiro atoms. The van der Waals surface area contributed by atoms with Gasteiger partial charge in [-0.2, -0.15) is 0 Å². The fourth-order valence-corrected chi connectivity index (χ4v) is 2.18. The lowest BCUT2D eigenvalue weighted by Gasteiger charge is -2.08. The van der Waals surface area contributed by atoms with E-state index in [2.05, 4.69) is 5.32 Å². The molecule has 0 aromatic rings. The Labute approximate surface area is 103 Å². The predicted molar refractivity (Wildman–Crippen MR) is 64.6 cm³/mol. The van der Waals surface area contributed by atoms with Crippen LogP contribution in [0.2, 0.25) is 0 Å². The fourth-order valence-electron chi connectivity index (χ4n) is 1.83. The number of hydrogen-bond donors (Lipinski definition) is 1. The molecule has 15 heavy (non-hydrogen) atoms. The van der Waals surface area contributed by atoms with Gasteiger partial charge in [0.25, 0.3) is 0 Å². The van der Waals surface area contributed by atoms with Crippen LogP contribution in [-0.2, 0) is 14.3 Å². The number of carbonyl (C=O) groups excluding carboxylic acids is 2. The molecule has 0 radical (unpaired) electrons. The number of nitrogens with one attached hydrogen (secondary N) is 1. The van der Waals surface area contributed by atoms with Gasteiger partial charge in [0.15, 0.2) is 0 Å². The minimum absolute atomic E-state index is 0.00540. The van der Waals surface area contributed by atoms with Gasteiger partial charge in [-0.25, -0.2) is 0 Å². The molecule has 0 aromatic carbocycles. The molecule has 1 aliphatic rings. The Balaban J connectivity index is 2.10. The maximum atomic E-state index is 11.4. The first-order valence-electron chi connectivity index (χ1n) is 5.20. The summed E-state index contributed by atoms with van der Waals surface area (Å²) in [5, 5.41) is 2.58. The fraction of sp³-hybridized carbons (Fsp3) is 0.800. The molecular formula is C10H16INO3. The summed E-state index contributed by atoms with van der Waals surface area (Å²) in [6.07, 6.45) is 5.30. The maximum Gasteiger partial charge on any atom is 0.326 e. The monoisotopic (exact) mass is 325 g/mol. The van der Waals surface area contributed by atoms with Gasteiger partial charge in [0.1, 0.15) is 11.2 Å². The van der Waals surface area contributed by atoms with Crippen molar-refractivity contribution in [2.24, 2.45) is 5.92 Å². The normalized spacial score (nSPS) is 16.3. The highest BCUT2D eigenvalue weighted by Crippen LogP contribution is 2.27. The Morgan fingerprint density at radius 3 is 2.60 bits per heavy atom. The van der Waals surface area contributed by atoms with Crippen molar-refractivity contribution in [3.8, 4) is 0 Å². The highest BCUT2D eigenvalue weighted by atomic mass is 127. The number of amides is 1. The van der Waals surface area contributed by atoms with Crippen LogP contribution in [0.1, 0.15) is 32.1 Å². The molecule has 0 aromatic heterocycles. The van der Waals surface area contributed by atoms with Gasteiger partial charge < -0.3 is 10.1 Å². The molecule has 0 heterocycles. The smallest absolute Gasteiger partial charge is 0.326 e. The molecule has 1 aliphatic carbocycles. The number of esters is 1. The number of rotatable bonds is 5. The third-order valence-electron chi connectivity index (χ3n) is 2.59. The van der Waals surface area contributed by atoms with Gasteiger partial charge in [0, 0.05) is 6.42 Å². The minimum Gasteiger partial charge on any atom is -0.454 e. The van der Waals surface area contributed by atoms with Crippen molar-refractivity contribution in [1.29, 1.82) is 0 Å². The third-order valence-corrected chi connectivity index (χ3v) is 2.91. The van der Waals surface area contributed by atoms with E-state index in [1.807, 2.05) is 22.6 Å². The third kappa shape index (κ3) is 5.34. The first-order chi connectivity index (χ1) is 7.22. The van der Waals surface area contributed by atoms with Gasteiger partial charge in [-0.1, -0.05) is 12.8 Å². The molecule has 0 unspecified atom stereocenters. The molecule has 4 nitrogen and oxygen atoms in total. The van der Waals surface area contributed by atoms with Crippen molar-refractivity contribution in [1.82, 2.24) is 5.32 Å². The van der Waals surface area contributed by atoms with E-state index in [0.29, 0.717) is 17.0 Å². The summed E-state index contributed by atoms with van der Waals surface area (Å²) in [4.78, 5) is 22.3. The van der Waals surface area contributed by atoms with Crippen LogP contribution in [0.4, 0.5) is 0 Å². The summed E-state index contributed by atoms with van der Waals surface area (Å²) in [5.41, 5.74) is 0. The van der Waals surface area contributed by atoms with E-state index in [1.165, 1.54) is 12.8 Å².